The third kappa shape index (κ3) is 2.22. The van der Waals surface area contributed by atoms with Crippen LogP contribution in [0.5, 0.6) is 11.5 Å². The van der Waals surface area contributed by atoms with Crippen LogP contribution in [0.4, 0.5) is 0 Å². The second kappa shape index (κ2) is 5.75. The van der Waals surface area contributed by atoms with E-state index in [1.807, 2.05) is 36.4 Å². The average Bonchev–Trinajstić information content (AvgIpc) is 2.87. The first-order valence-corrected chi connectivity index (χ1v) is 7.17. The quantitative estimate of drug-likeness (QED) is 0.880. The van der Waals surface area contributed by atoms with Gasteiger partial charge in [0.1, 0.15) is 11.5 Å². The van der Waals surface area contributed by atoms with Crippen LogP contribution in [0, 0.1) is 12.3 Å². The van der Waals surface area contributed by atoms with Crippen molar-refractivity contribution in [3.8, 4) is 35.0 Å². The van der Waals surface area contributed by atoms with Crippen molar-refractivity contribution in [3.63, 3.8) is 0 Å². The number of terminal acetylenes is 1. The fourth-order valence-corrected chi connectivity index (χ4v) is 3.15. The summed E-state index contributed by atoms with van der Waals surface area (Å²) in [6.45, 7) is 0. The molecule has 1 unspecified atom stereocenters. The highest BCUT2D eigenvalue weighted by Crippen LogP contribution is 2.49. The van der Waals surface area contributed by atoms with Gasteiger partial charge in [-0.25, -0.2) is 0 Å². The van der Waals surface area contributed by atoms with Gasteiger partial charge in [0.2, 0.25) is 0 Å². The summed E-state index contributed by atoms with van der Waals surface area (Å²) in [5, 5.41) is 10.5. The van der Waals surface area contributed by atoms with Crippen molar-refractivity contribution in [1.82, 2.24) is 0 Å². The van der Waals surface area contributed by atoms with Crippen LogP contribution in [0.3, 0.4) is 0 Å². The zero-order valence-electron chi connectivity index (χ0n) is 12.7. The fraction of sp³-hybridized carbons (Fsp3) is 0.263. The van der Waals surface area contributed by atoms with Gasteiger partial charge in [-0.15, -0.1) is 12.3 Å². The van der Waals surface area contributed by atoms with E-state index in [2.05, 4.69) is 5.92 Å². The van der Waals surface area contributed by atoms with Gasteiger partial charge < -0.3 is 14.6 Å². The van der Waals surface area contributed by atoms with Gasteiger partial charge >= 0.3 is 0 Å². The van der Waals surface area contributed by atoms with Gasteiger partial charge in [-0.1, -0.05) is 12.1 Å². The number of benzene rings is 2. The number of aliphatic hydroxyl groups is 1. The minimum atomic E-state index is -0.605. The number of methoxy groups -OCH3 is 2. The Morgan fingerprint density at radius 1 is 1.05 bits per heavy atom. The van der Waals surface area contributed by atoms with Gasteiger partial charge in [0.15, 0.2) is 0 Å². The summed E-state index contributed by atoms with van der Waals surface area (Å²) < 4.78 is 10.7. The Kier molecular flexibility index (Phi) is 3.79. The predicted molar refractivity (Wildman–Crippen MR) is 86.3 cm³/mol. The zero-order chi connectivity index (χ0) is 15.7. The molecule has 0 aliphatic heterocycles. The summed E-state index contributed by atoms with van der Waals surface area (Å²) in [5.41, 5.74) is 4.28. The Morgan fingerprint density at radius 2 is 1.55 bits per heavy atom. The summed E-state index contributed by atoms with van der Waals surface area (Å²) in [5.74, 6) is 4.02. The molecule has 0 aromatic heterocycles. The molecule has 0 amide bonds. The van der Waals surface area contributed by atoms with Crippen molar-refractivity contribution < 1.29 is 14.6 Å². The largest absolute Gasteiger partial charge is 0.497 e. The smallest absolute Gasteiger partial charge is 0.119 e. The van der Waals surface area contributed by atoms with E-state index in [0.29, 0.717) is 6.42 Å². The zero-order valence-corrected chi connectivity index (χ0v) is 12.7. The summed E-state index contributed by atoms with van der Waals surface area (Å²) >= 11 is 0. The molecule has 112 valence electrons. The molecule has 0 radical (unpaired) electrons. The second-order valence-electron chi connectivity index (χ2n) is 5.36. The SMILES string of the molecule is C#CCC(O)C1c2ccc(OC)cc2-c2cc(OC)ccc21. The molecule has 1 aliphatic carbocycles. The van der Waals surface area contributed by atoms with Crippen LogP contribution in [-0.4, -0.2) is 25.4 Å². The lowest BCUT2D eigenvalue weighted by atomic mass is 9.90. The van der Waals surface area contributed by atoms with Crippen molar-refractivity contribution in [3.05, 3.63) is 47.5 Å². The van der Waals surface area contributed by atoms with Crippen molar-refractivity contribution in [2.24, 2.45) is 0 Å². The summed E-state index contributed by atoms with van der Waals surface area (Å²) in [6, 6.07) is 11.8. The van der Waals surface area contributed by atoms with Crippen LogP contribution in [0.25, 0.3) is 11.1 Å². The Bertz CT molecular complexity index is 689. The van der Waals surface area contributed by atoms with Gasteiger partial charge in [-0.05, 0) is 46.5 Å². The highest BCUT2D eigenvalue weighted by atomic mass is 16.5. The number of hydrogen-bond acceptors (Lipinski definition) is 3. The number of ether oxygens (including phenoxy) is 2. The Labute approximate surface area is 130 Å². The lowest BCUT2D eigenvalue weighted by Gasteiger charge is -2.19. The third-order valence-corrected chi connectivity index (χ3v) is 4.19. The standard InChI is InChI=1S/C19H18O3/c1-4-5-18(20)19-14-8-6-12(21-2)10-16(14)17-11-13(22-3)7-9-15(17)19/h1,6-11,18-20H,5H2,2-3H3. The highest BCUT2D eigenvalue weighted by molar-refractivity contribution is 5.81. The molecule has 3 rings (SSSR count). The Hall–Kier alpha value is -2.44. The van der Waals surface area contributed by atoms with Crippen LogP contribution >= 0.6 is 0 Å². The highest BCUT2D eigenvalue weighted by Gasteiger charge is 2.33. The molecule has 0 saturated carbocycles. The molecular formula is C19H18O3. The van der Waals surface area contributed by atoms with Gasteiger partial charge in [0.05, 0.1) is 20.3 Å². The molecule has 1 atom stereocenters. The van der Waals surface area contributed by atoms with Crippen LogP contribution in [0.2, 0.25) is 0 Å². The number of fused-ring (bicyclic) bond motifs is 3. The summed E-state index contributed by atoms with van der Waals surface area (Å²) in [4.78, 5) is 0. The average molecular weight is 294 g/mol. The van der Waals surface area contributed by atoms with Crippen molar-refractivity contribution >= 4 is 0 Å². The lowest BCUT2D eigenvalue weighted by Crippen LogP contribution is -2.17. The third-order valence-electron chi connectivity index (χ3n) is 4.19. The maximum Gasteiger partial charge on any atom is 0.119 e. The van der Waals surface area contributed by atoms with Crippen LogP contribution in [0.1, 0.15) is 23.5 Å². The fourth-order valence-electron chi connectivity index (χ4n) is 3.15. The molecule has 0 spiro atoms. The molecule has 0 bridgehead atoms. The van der Waals surface area contributed by atoms with Crippen LogP contribution in [-0.2, 0) is 0 Å². The Balaban J connectivity index is 2.19. The molecule has 0 fully saturated rings. The van der Waals surface area contributed by atoms with Crippen LogP contribution < -0.4 is 9.47 Å². The van der Waals surface area contributed by atoms with E-state index >= 15 is 0 Å². The second-order valence-corrected chi connectivity index (χ2v) is 5.36. The van der Waals surface area contributed by atoms with E-state index < -0.39 is 6.10 Å². The van der Waals surface area contributed by atoms with E-state index in [9.17, 15) is 5.11 Å². The van der Waals surface area contributed by atoms with Crippen molar-refractivity contribution in [1.29, 1.82) is 0 Å². The van der Waals surface area contributed by atoms with Gasteiger partial charge in [-0.2, -0.15) is 0 Å². The number of rotatable bonds is 4. The molecule has 3 nitrogen and oxygen atoms in total. The van der Waals surface area contributed by atoms with Gasteiger partial charge in [0, 0.05) is 12.3 Å². The normalized spacial score (nSPS) is 13.9. The van der Waals surface area contributed by atoms with E-state index in [1.54, 1.807) is 14.2 Å². The lowest BCUT2D eigenvalue weighted by molar-refractivity contribution is 0.163. The predicted octanol–water partition coefficient (Wildman–Crippen LogP) is 3.20. The first-order chi connectivity index (χ1) is 10.7. The molecule has 2 aromatic carbocycles. The van der Waals surface area contributed by atoms with Crippen molar-refractivity contribution in [2.75, 3.05) is 14.2 Å². The summed E-state index contributed by atoms with van der Waals surface area (Å²) in [6.07, 6.45) is 5.09. The molecule has 3 heteroatoms. The molecule has 2 aromatic rings. The molecule has 0 heterocycles. The first-order valence-electron chi connectivity index (χ1n) is 7.17. The molecule has 22 heavy (non-hydrogen) atoms. The minimum Gasteiger partial charge on any atom is -0.497 e. The van der Waals surface area contributed by atoms with E-state index in [4.69, 9.17) is 15.9 Å². The van der Waals surface area contributed by atoms with E-state index in [1.165, 1.54) is 0 Å². The monoisotopic (exact) mass is 294 g/mol. The first kappa shape index (κ1) is 14.5. The number of hydrogen-bond donors (Lipinski definition) is 1. The van der Waals surface area contributed by atoms with Crippen LogP contribution in [0.15, 0.2) is 36.4 Å². The van der Waals surface area contributed by atoms with E-state index in [0.717, 1.165) is 33.8 Å². The number of aliphatic hydroxyl groups excluding tert-OH is 1. The maximum atomic E-state index is 10.5. The molecular weight excluding hydrogens is 276 g/mol. The van der Waals surface area contributed by atoms with Gasteiger partial charge in [-0.3, -0.25) is 0 Å². The van der Waals surface area contributed by atoms with E-state index in [-0.39, 0.29) is 5.92 Å². The summed E-state index contributed by atoms with van der Waals surface area (Å²) in [7, 11) is 3.29. The molecule has 1 N–H and O–H groups in total. The maximum absolute atomic E-state index is 10.5. The minimum absolute atomic E-state index is 0.113. The Morgan fingerprint density at radius 3 is 1.95 bits per heavy atom. The molecule has 0 saturated heterocycles. The van der Waals surface area contributed by atoms with Crippen molar-refractivity contribution in [2.45, 2.75) is 18.4 Å². The molecule has 1 aliphatic rings. The topological polar surface area (TPSA) is 38.7 Å². The van der Waals surface area contributed by atoms with Gasteiger partial charge in [0.25, 0.3) is 0 Å².